The number of para-hydroxylation sites is 1. The lowest BCUT2D eigenvalue weighted by Crippen LogP contribution is -2.30. The highest BCUT2D eigenvalue weighted by molar-refractivity contribution is 6.33. The van der Waals surface area contributed by atoms with Crippen LogP contribution in [-0.4, -0.2) is 32.1 Å². The summed E-state index contributed by atoms with van der Waals surface area (Å²) in [6.07, 6.45) is 0.578. The molecule has 0 saturated heterocycles. The van der Waals surface area contributed by atoms with Crippen LogP contribution >= 0.6 is 11.6 Å². The van der Waals surface area contributed by atoms with Crippen LogP contribution in [0.3, 0.4) is 0 Å². The quantitative estimate of drug-likeness (QED) is 0.785. The van der Waals surface area contributed by atoms with E-state index in [1.807, 2.05) is 0 Å². The molecule has 1 fully saturated rings. The Labute approximate surface area is 122 Å². The van der Waals surface area contributed by atoms with Crippen molar-refractivity contribution in [1.29, 1.82) is 0 Å². The predicted molar refractivity (Wildman–Crippen MR) is 76.6 cm³/mol. The second-order valence-corrected chi connectivity index (χ2v) is 5.11. The van der Waals surface area contributed by atoms with Crippen LogP contribution < -0.4 is 10.6 Å². The summed E-state index contributed by atoms with van der Waals surface area (Å²) < 4.78 is 4.85. The SMILES string of the molecule is COCCNC(=O)C1CC1C(=O)Nc1ccccc1Cl. The van der Waals surface area contributed by atoms with Crippen molar-refractivity contribution in [3.05, 3.63) is 29.3 Å². The molecular weight excluding hydrogens is 280 g/mol. The molecule has 0 spiro atoms. The van der Waals surface area contributed by atoms with Gasteiger partial charge in [-0.1, -0.05) is 23.7 Å². The lowest BCUT2D eigenvalue weighted by atomic mass is 10.2. The number of amides is 2. The summed E-state index contributed by atoms with van der Waals surface area (Å²) in [6.45, 7) is 0.930. The molecule has 1 aliphatic carbocycles. The molecule has 2 amide bonds. The monoisotopic (exact) mass is 296 g/mol. The lowest BCUT2D eigenvalue weighted by molar-refractivity contribution is -0.125. The zero-order valence-electron chi connectivity index (χ0n) is 11.2. The Morgan fingerprint density at radius 3 is 2.70 bits per heavy atom. The number of nitrogens with one attached hydrogen (secondary N) is 2. The number of hydrogen-bond donors (Lipinski definition) is 2. The second-order valence-electron chi connectivity index (χ2n) is 4.70. The number of benzene rings is 1. The Morgan fingerprint density at radius 1 is 1.30 bits per heavy atom. The van der Waals surface area contributed by atoms with Crippen molar-refractivity contribution in [3.63, 3.8) is 0 Å². The first-order valence-corrected chi connectivity index (χ1v) is 6.83. The van der Waals surface area contributed by atoms with E-state index in [4.69, 9.17) is 16.3 Å². The summed E-state index contributed by atoms with van der Waals surface area (Å²) in [5, 5.41) is 5.97. The van der Waals surface area contributed by atoms with Crippen molar-refractivity contribution in [2.24, 2.45) is 11.8 Å². The smallest absolute Gasteiger partial charge is 0.228 e. The third-order valence-corrected chi connectivity index (χ3v) is 3.53. The van der Waals surface area contributed by atoms with E-state index in [9.17, 15) is 9.59 Å². The molecule has 0 radical (unpaired) electrons. The van der Waals surface area contributed by atoms with Crippen LogP contribution in [0.1, 0.15) is 6.42 Å². The second kappa shape index (κ2) is 6.72. The van der Waals surface area contributed by atoms with Crippen molar-refractivity contribution in [1.82, 2.24) is 5.32 Å². The molecule has 5 nitrogen and oxygen atoms in total. The van der Waals surface area contributed by atoms with Gasteiger partial charge in [0.25, 0.3) is 0 Å². The number of methoxy groups -OCH3 is 1. The maximum absolute atomic E-state index is 12.0. The molecule has 108 valence electrons. The number of hydrogen-bond acceptors (Lipinski definition) is 3. The van der Waals surface area contributed by atoms with Crippen molar-refractivity contribution < 1.29 is 14.3 Å². The van der Waals surface area contributed by atoms with E-state index in [1.165, 1.54) is 0 Å². The summed E-state index contributed by atoms with van der Waals surface area (Å²) in [4.78, 5) is 23.7. The van der Waals surface area contributed by atoms with Crippen LogP contribution in [0.5, 0.6) is 0 Å². The van der Waals surface area contributed by atoms with Gasteiger partial charge in [-0.15, -0.1) is 0 Å². The summed E-state index contributed by atoms with van der Waals surface area (Å²) in [6, 6.07) is 7.03. The van der Waals surface area contributed by atoms with Crippen LogP contribution in [0.25, 0.3) is 0 Å². The van der Waals surface area contributed by atoms with Gasteiger partial charge in [0.15, 0.2) is 0 Å². The topological polar surface area (TPSA) is 67.4 Å². The number of carbonyl (C=O) groups excluding carboxylic acids is 2. The molecule has 2 rings (SSSR count). The number of rotatable bonds is 6. The third-order valence-electron chi connectivity index (χ3n) is 3.20. The highest BCUT2D eigenvalue weighted by atomic mass is 35.5. The predicted octanol–water partition coefficient (Wildman–Crippen LogP) is 1.68. The molecule has 0 heterocycles. The van der Waals surface area contributed by atoms with Crippen LogP contribution in [0.2, 0.25) is 5.02 Å². The molecule has 0 aromatic heterocycles. The molecule has 1 aromatic carbocycles. The molecule has 6 heteroatoms. The minimum Gasteiger partial charge on any atom is -0.383 e. The Hall–Kier alpha value is -1.59. The van der Waals surface area contributed by atoms with E-state index in [0.717, 1.165) is 0 Å². The minimum absolute atomic E-state index is 0.0960. The molecule has 0 bridgehead atoms. The average Bonchev–Trinajstić information content (AvgIpc) is 3.22. The zero-order chi connectivity index (χ0) is 14.5. The molecule has 1 aromatic rings. The van der Waals surface area contributed by atoms with Crippen LogP contribution in [0.15, 0.2) is 24.3 Å². The maximum atomic E-state index is 12.0. The van der Waals surface area contributed by atoms with E-state index in [-0.39, 0.29) is 23.7 Å². The van der Waals surface area contributed by atoms with Gasteiger partial charge in [-0.3, -0.25) is 9.59 Å². The van der Waals surface area contributed by atoms with Crippen molar-refractivity contribution in [3.8, 4) is 0 Å². The molecule has 1 aliphatic rings. The summed E-state index contributed by atoms with van der Waals surface area (Å²) in [5.41, 5.74) is 0.574. The molecule has 2 unspecified atom stereocenters. The first kappa shape index (κ1) is 14.8. The maximum Gasteiger partial charge on any atom is 0.228 e. The number of anilines is 1. The molecule has 1 saturated carbocycles. The van der Waals surface area contributed by atoms with E-state index >= 15 is 0 Å². The standard InChI is InChI=1S/C14H17ClN2O3/c1-20-7-6-16-13(18)9-8-10(9)14(19)17-12-5-3-2-4-11(12)15/h2-5,9-10H,6-8H2,1H3,(H,16,18)(H,17,19). The molecule has 20 heavy (non-hydrogen) atoms. The fraction of sp³-hybridized carbons (Fsp3) is 0.429. The van der Waals surface area contributed by atoms with Crippen molar-refractivity contribution >= 4 is 29.1 Å². The van der Waals surface area contributed by atoms with Gasteiger partial charge in [0, 0.05) is 13.7 Å². The first-order valence-electron chi connectivity index (χ1n) is 6.45. The van der Waals surface area contributed by atoms with Gasteiger partial charge >= 0.3 is 0 Å². The van der Waals surface area contributed by atoms with Crippen molar-refractivity contribution in [2.45, 2.75) is 6.42 Å². The highest BCUT2D eigenvalue weighted by Gasteiger charge is 2.47. The van der Waals surface area contributed by atoms with Gasteiger partial charge in [0.2, 0.25) is 11.8 Å². The molecule has 0 aliphatic heterocycles. The van der Waals surface area contributed by atoms with Crippen molar-refractivity contribution in [2.75, 3.05) is 25.6 Å². The Balaban J connectivity index is 1.81. The Kier molecular flexibility index (Phi) is 4.98. The van der Waals surface area contributed by atoms with Gasteiger partial charge in [0.1, 0.15) is 0 Å². The van der Waals surface area contributed by atoms with Gasteiger partial charge in [-0.25, -0.2) is 0 Å². The Morgan fingerprint density at radius 2 is 2.00 bits per heavy atom. The van der Waals surface area contributed by atoms with Crippen LogP contribution in [-0.2, 0) is 14.3 Å². The summed E-state index contributed by atoms with van der Waals surface area (Å²) >= 11 is 5.97. The molecular formula is C14H17ClN2O3. The van der Waals surface area contributed by atoms with E-state index in [2.05, 4.69) is 10.6 Å². The molecule has 2 atom stereocenters. The molecule has 2 N–H and O–H groups in total. The Bertz CT molecular complexity index is 507. The number of carbonyl (C=O) groups is 2. The van der Waals surface area contributed by atoms with E-state index in [1.54, 1.807) is 31.4 Å². The van der Waals surface area contributed by atoms with Crippen LogP contribution in [0.4, 0.5) is 5.69 Å². The number of ether oxygens (including phenoxy) is 1. The normalized spacial score (nSPS) is 20.3. The van der Waals surface area contributed by atoms with E-state index < -0.39 is 0 Å². The average molecular weight is 297 g/mol. The summed E-state index contributed by atoms with van der Waals surface area (Å²) in [7, 11) is 1.57. The van der Waals surface area contributed by atoms with Gasteiger partial charge in [-0.2, -0.15) is 0 Å². The summed E-state index contributed by atoms with van der Waals surface area (Å²) in [5.74, 6) is -0.769. The van der Waals surface area contributed by atoms with E-state index in [0.29, 0.717) is 30.3 Å². The zero-order valence-corrected chi connectivity index (χ0v) is 11.9. The lowest BCUT2D eigenvalue weighted by Gasteiger charge is -2.07. The first-order chi connectivity index (χ1) is 9.63. The fourth-order valence-electron chi connectivity index (χ4n) is 1.97. The third kappa shape index (κ3) is 3.71. The largest absolute Gasteiger partial charge is 0.383 e. The van der Waals surface area contributed by atoms with Gasteiger partial charge in [0.05, 0.1) is 29.2 Å². The number of halogens is 1. The minimum atomic E-state index is -0.270. The highest BCUT2D eigenvalue weighted by Crippen LogP contribution is 2.39. The fourth-order valence-corrected chi connectivity index (χ4v) is 2.15. The van der Waals surface area contributed by atoms with Gasteiger partial charge in [-0.05, 0) is 18.6 Å². The van der Waals surface area contributed by atoms with Crippen LogP contribution in [0, 0.1) is 11.8 Å². The van der Waals surface area contributed by atoms with Gasteiger partial charge < -0.3 is 15.4 Å².